The molecule has 0 aliphatic heterocycles. The Balaban J connectivity index is 0.00000242. The molecule has 1 aromatic rings. The second-order valence-electron chi connectivity index (χ2n) is 5.69. The van der Waals surface area contributed by atoms with Gasteiger partial charge in [0.1, 0.15) is 5.82 Å². The summed E-state index contributed by atoms with van der Waals surface area (Å²) in [7, 11) is 3.70. The third-order valence-corrected chi connectivity index (χ3v) is 3.88. The number of halogens is 2. The van der Waals surface area contributed by atoms with Gasteiger partial charge in [0, 0.05) is 33.2 Å². The van der Waals surface area contributed by atoms with Gasteiger partial charge in [-0.3, -0.25) is 4.99 Å². The van der Waals surface area contributed by atoms with E-state index < -0.39 is 0 Å². The molecule has 0 radical (unpaired) electrons. The number of guanidine groups is 1. The van der Waals surface area contributed by atoms with Crippen molar-refractivity contribution in [2.75, 3.05) is 32.1 Å². The summed E-state index contributed by atoms with van der Waals surface area (Å²) in [6, 6.07) is 7.43. The Morgan fingerprint density at radius 2 is 2.09 bits per heavy atom. The van der Waals surface area contributed by atoms with E-state index in [1.165, 1.54) is 12.5 Å². The molecule has 6 heteroatoms. The Kier molecular flexibility index (Phi) is 7.92. The Morgan fingerprint density at radius 1 is 1.41 bits per heavy atom. The van der Waals surface area contributed by atoms with E-state index in [0.29, 0.717) is 11.7 Å². The van der Waals surface area contributed by atoms with E-state index in [9.17, 15) is 4.39 Å². The van der Waals surface area contributed by atoms with Gasteiger partial charge in [0.05, 0.1) is 5.69 Å². The molecule has 1 aliphatic rings. The first kappa shape index (κ1) is 19.0. The second kappa shape index (κ2) is 9.17. The van der Waals surface area contributed by atoms with Crippen LogP contribution in [0.15, 0.2) is 29.3 Å². The molecule has 22 heavy (non-hydrogen) atoms. The minimum Gasteiger partial charge on any atom is -0.372 e. The fraction of sp³-hybridized carbons (Fsp3) is 0.562. The highest BCUT2D eigenvalue weighted by Gasteiger charge is 2.33. The maximum atomic E-state index is 13.6. The van der Waals surface area contributed by atoms with Gasteiger partial charge in [-0.25, -0.2) is 4.39 Å². The van der Waals surface area contributed by atoms with Gasteiger partial charge >= 0.3 is 0 Å². The number of hydrogen-bond donors (Lipinski definition) is 2. The number of aliphatic imine (C=N–C) groups is 1. The highest BCUT2D eigenvalue weighted by atomic mass is 127. The van der Waals surface area contributed by atoms with Crippen LogP contribution in [-0.2, 0) is 0 Å². The average molecular weight is 420 g/mol. The molecule has 2 unspecified atom stereocenters. The Bertz CT molecular complexity index is 495. The van der Waals surface area contributed by atoms with E-state index in [0.717, 1.165) is 31.4 Å². The molecule has 2 atom stereocenters. The van der Waals surface area contributed by atoms with Crippen LogP contribution in [0.2, 0.25) is 0 Å². The molecular weight excluding hydrogens is 394 g/mol. The Labute approximate surface area is 149 Å². The first-order valence-electron chi connectivity index (χ1n) is 7.54. The fourth-order valence-corrected chi connectivity index (χ4v) is 2.30. The van der Waals surface area contributed by atoms with Gasteiger partial charge in [0.15, 0.2) is 5.96 Å². The van der Waals surface area contributed by atoms with Crippen LogP contribution in [0.25, 0.3) is 0 Å². The lowest BCUT2D eigenvalue weighted by atomic mass is 10.2. The van der Waals surface area contributed by atoms with Crippen LogP contribution in [0.4, 0.5) is 10.1 Å². The minimum absolute atomic E-state index is 0. The van der Waals surface area contributed by atoms with Gasteiger partial charge in [0.25, 0.3) is 0 Å². The molecule has 2 N–H and O–H groups in total. The van der Waals surface area contributed by atoms with Crippen LogP contribution in [0.3, 0.4) is 0 Å². The average Bonchev–Trinajstić information content (AvgIpc) is 3.17. The van der Waals surface area contributed by atoms with Gasteiger partial charge in [-0.15, -0.1) is 24.0 Å². The van der Waals surface area contributed by atoms with Gasteiger partial charge in [-0.2, -0.15) is 0 Å². The van der Waals surface area contributed by atoms with Gasteiger partial charge in [-0.1, -0.05) is 19.1 Å². The van der Waals surface area contributed by atoms with E-state index in [2.05, 4.69) is 22.5 Å². The van der Waals surface area contributed by atoms with E-state index >= 15 is 0 Å². The van der Waals surface area contributed by atoms with Gasteiger partial charge < -0.3 is 15.5 Å². The van der Waals surface area contributed by atoms with E-state index in [1.807, 2.05) is 18.0 Å². The molecule has 0 aromatic heterocycles. The van der Waals surface area contributed by atoms with Crippen LogP contribution >= 0.6 is 24.0 Å². The van der Waals surface area contributed by atoms with E-state index in [4.69, 9.17) is 0 Å². The summed E-state index contributed by atoms with van der Waals surface area (Å²) >= 11 is 0. The van der Waals surface area contributed by atoms with Crippen molar-refractivity contribution < 1.29 is 4.39 Å². The molecule has 124 valence electrons. The fourth-order valence-electron chi connectivity index (χ4n) is 2.30. The summed E-state index contributed by atoms with van der Waals surface area (Å²) in [5, 5.41) is 6.69. The molecular formula is C16H26FIN4. The van der Waals surface area contributed by atoms with E-state index in [1.54, 1.807) is 19.2 Å². The van der Waals surface area contributed by atoms with Crippen LogP contribution in [-0.4, -0.2) is 39.2 Å². The maximum absolute atomic E-state index is 13.6. The largest absolute Gasteiger partial charge is 0.372 e. The standard InChI is InChI=1S/C16H25FN4.HI/c1-12-11-14(12)20-16(18-2)19-9-6-10-21(3)15-8-5-4-7-13(15)17;/h4-5,7-8,12,14H,6,9-11H2,1-3H3,(H2,18,19,20);1H. The molecule has 1 fully saturated rings. The molecule has 2 rings (SSSR count). The first-order valence-corrected chi connectivity index (χ1v) is 7.54. The summed E-state index contributed by atoms with van der Waals surface area (Å²) in [5.74, 6) is 1.43. The molecule has 1 aromatic carbocycles. The van der Waals surface area contributed by atoms with Crippen molar-refractivity contribution in [2.24, 2.45) is 10.9 Å². The number of para-hydroxylation sites is 1. The molecule has 4 nitrogen and oxygen atoms in total. The lowest BCUT2D eigenvalue weighted by Crippen LogP contribution is -2.40. The number of nitrogens with one attached hydrogen (secondary N) is 2. The number of anilines is 1. The number of benzene rings is 1. The molecule has 1 aliphatic carbocycles. The smallest absolute Gasteiger partial charge is 0.191 e. The summed E-state index contributed by atoms with van der Waals surface area (Å²) in [6.45, 7) is 3.85. The Morgan fingerprint density at radius 3 is 2.68 bits per heavy atom. The quantitative estimate of drug-likeness (QED) is 0.322. The minimum atomic E-state index is -0.173. The lowest BCUT2D eigenvalue weighted by molar-refractivity contribution is 0.619. The SMILES string of the molecule is CN=C(NCCCN(C)c1ccccc1F)NC1CC1C.I. The third-order valence-electron chi connectivity index (χ3n) is 3.88. The molecule has 0 spiro atoms. The molecule has 0 saturated heterocycles. The zero-order chi connectivity index (χ0) is 15.2. The van der Waals surface area contributed by atoms with Gasteiger partial charge in [-0.05, 0) is 30.9 Å². The van der Waals surface area contributed by atoms with Crippen molar-refractivity contribution in [3.63, 3.8) is 0 Å². The monoisotopic (exact) mass is 420 g/mol. The Hall–Kier alpha value is -1.05. The molecule has 0 heterocycles. The zero-order valence-electron chi connectivity index (χ0n) is 13.5. The summed E-state index contributed by atoms with van der Waals surface area (Å²) in [6.07, 6.45) is 2.14. The third kappa shape index (κ3) is 5.62. The predicted octanol–water partition coefficient (Wildman–Crippen LogP) is 2.84. The topological polar surface area (TPSA) is 39.7 Å². The summed E-state index contributed by atoms with van der Waals surface area (Å²) in [4.78, 5) is 6.15. The van der Waals surface area contributed by atoms with Crippen molar-refractivity contribution in [1.82, 2.24) is 10.6 Å². The van der Waals surface area contributed by atoms with Gasteiger partial charge in [0.2, 0.25) is 0 Å². The first-order chi connectivity index (χ1) is 10.1. The van der Waals surface area contributed by atoms with E-state index in [-0.39, 0.29) is 29.8 Å². The number of rotatable bonds is 6. The summed E-state index contributed by atoms with van der Waals surface area (Å²) < 4.78 is 13.6. The molecule has 0 bridgehead atoms. The molecule has 0 amide bonds. The molecule has 1 saturated carbocycles. The van der Waals surface area contributed by atoms with Crippen molar-refractivity contribution >= 4 is 35.6 Å². The highest BCUT2D eigenvalue weighted by molar-refractivity contribution is 14.0. The summed E-state index contributed by atoms with van der Waals surface area (Å²) in [5.41, 5.74) is 0.645. The highest BCUT2D eigenvalue weighted by Crippen LogP contribution is 2.28. The van der Waals surface area contributed by atoms with Crippen LogP contribution in [0, 0.1) is 11.7 Å². The van der Waals surface area contributed by atoms with Crippen LogP contribution < -0.4 is 15.5 Å². The zero-order valence-corrected chi connectivity index (χ0v) is 15.8. The van der Waals surface area contributed by atoms with Crippen molar-refractivity contribution in [3.05, 3.63) is 30.1 Å². The predicted molar refractivity (Wildman–Crippen MR) is 102 cm³/mol. The normalized spacial score (nSPS) is 20.1. The lowest BCUT2D eigenvalue weighted by Gasteiger charge is -2.20. The van der Waals surface area contributed by atoms with Crippen LogP contribution in [0.1, 0.15) is 19.8 Å². The van der Waals surface area contributed by atoms with Crippen molar-refractivity contribution in [1.29, 1.82) is 0 Å². The van der Waals surface area contributed by atoms with Crippen molar-refractivity contribution in [3.8, 4) is 0 Å². The second-order valence-corrected chi connectivity index (χ2v) is 5.69. The number of hydrogen-bond acceptors (Lipinski definition) is 2. The maximum Gasteiger partial charge on any atom is 0.191 e. The van der Waals surface area contributed by atoms with Crippen molar-refractivity contribution in [2.45, 2.75) is 25.8 Å². The number of nitrogens with zero attached hydrogens (tertiary/aromatic N) is 2. The van der Waals surface area contributed by atoms with Crippen LogP contribution in [0.5, 0.6) is 0 Å².